The van der Waals surface area contributed by atoms with Crippen LogP contribution in [0.25, 0.3) is 0 Å². The van der Waals surface area contributed by atoms with Crippen molar-refractivity contribution in [1.82, 2.24) is 5.32 Å². The van der Waals surface area contributed by atoms with Crippen LogP contribution in [0.5, 0.6) is 0 Å². The number of nitro benzene ring substituents is 1. The third kappa shape index (κ3) is 3.78. The van der Waals surface area contributed by atoms with E-state index in [1.165, 1.54) is 26.2 Å². The number of non-ortho nitro benzene ring substituents is 1. The van der Waals surface area contributed by atoms with Crippen molar-refractivity contribution in [2.45, 2.75) is 25.8 Å². The molecule has 0 bridgehead atoms. The van der Waals surface area contributed by atoms with Gasteiger partial charge in [0.25, 0.3) is 5.69 Å². The van der Waals surface area contributed by atoms with Gasteiger partial charge in [0, 0.05) is 25.5 Å². The molecular formula is C13H16N2O5. The minimum Gasteiger partial charge on any atom is -0.467 e. The number of esters is 1. The second-order valence-electron chi connectivity index (χ2n) is 4.61. The zero-order valence-corrected chi connectivity index (χ0v) is 11.5. The molecule has 1 amide bonds. The second-order valence-corrected chi connectivity index (χ2v) is 4.61. The highest BCUT2D eigenvalue weighted by Crippen LogP contribution is 2.18. The average Bonchev–Trinajstić information content (AvgIpc) is 2.37. The van der Waals surface area contributed by atoms with Crippen molar-refractivity contribution >= 4 is 17.6 Å². The van der Waals surface area contributed by atoms with Crippen LogP contribution in [0, 0.1) is 10.1 Å². The quantitative estimate of drug-likeness (QED) is 0.496. The normalized spacial score (nSPS) is 13.2. The standard InChI is InChI=1S/C13H16N2O5/c1-9(16)14-13(2,12(17)20-3)8-10-4-6-11(7-5-10)15(18)19/h4-7H,8H2,1-3H3,(H,14,16)/t13-/m1/s1. The molecule has 0 aliphatic carbocycles. The number of hydrogen-bond donors (Lipinski definition) is 1. The smallest absolute Gasteiger partial charge is 0.331 e. The van der Waals surface area contributed by atoms with Crippen LogP contribution >= 0.6 is 0 Å². The van der Waals surface area contributed by atoms with Crippen LogP contribution in [0.3, 0.4) is 0 Å². The summed E-state index contributed by atoms with van der Waals surface area (Å²) in [5.74, 6) is -0.939. The van der Waals surface area contributed by atoms with Crippen molar-refractivity contribution in [3.8, 4) is 0 Å². The molecule has 1 N–H and O–H groups in total. The van der Waals surface area contributed by atoms with E-state index in [4.69, 9.17) is 0 Å². The van der Waals surface area contributed by atoms with E-state index in [1.54, 1.807) is 19.1 Å². The number of methoxy groups -OCH3 is 1. The lowest BCUT2D eigenvalue weighted by molar-refractivity contribution is -0.384. The van der Waals surface area contributed by atoms with Gasteiger partial charge in [-0.15, -0.1) is 0 Å². The average molecular weight is 280 g/mol. The lowest BCUT2D eigenvalue weighted by Crippen LogP contribution is -2.53. The van der Waals surface area contributed by atoms with Crippen LogP contribution in [-0.2, 0) is 20.7 Å². The molecule has 0 spiro atoms. The highest BCUT2D eigenvalue weighted by Gasteiger charge is 2.35. The first-order valence-corrected chi connectivity index (χ1v) is 5.89. The van der Waals surface area contributed by atoms with Gasteiger partial charge < -0.3 is 10.1 Å². The van der Waals surface area contributed by atoms with Crippen LogP contribution in [0.15, 0.2) is 24.3 Å². The van der Waals surface area contributed by atoms with Gasteiger partial charge in [0.05, 0.1) is 12.0 Å². The van der Waals surface area contributed by atoms with Crippen molar-refractivity contribution < 1.29 is 19.2 Å². The molecule has 0 radical (unpaired) electrons. The van der Waals surface area contributed by atoms with Gasteiger partial charge in [-0.1, -0.05) is 12.1 Å². The van der Waals surface area contributed by atoms with Gasteiger partial charge in [0.1, 0.15) is 5.54 Å². The van der Waals surface area contributed by atoms with Crippen molar-refractivity contribution in [2.75, 3.05) is 7.11 Å². The summed E-state index contributed by atoms with van der Waals surface area (Å²) >= 11 is 0. The van der Waals surface area contributed by atoms with Crippen LogP contribution in [-0.4, -0.2) is 29.4 Å². The van der Waals surface area contributed by atoms with Crippen molar-refractivity contribution in [1.29, 1.82) is 0 Å². The molecule has 1 aromatic carbocycles. The Labute approximate surface area is 116 Å². The lowest BCUT2D eigenvalue weighted by atomic mass is 9.92. The SMILES string of the molecule is COC(=O)[C@@](C)(Cc1ccc([N+](=O)[O-])cc1)NC(C)=O. The number of nitrogens with zero attached hydrogens (tertiary/aromatic N) is 1. The van der Waals surface area contributed by atoms with E-state index < -0.39 is 16.4 Å². The summed E-state index contributed by atoms with van der Waals surface area (Å²) in [6.45, 7) is 2.85. The van der Waals surface area contributed by atoms with Gasteiger partial charge >= 0.3 is 5.97 Å². The summed E-state index contributed by atoms with van der Waals surface area (Å²) in [7, 11) is 1.23. The summed E-state index contributed by atoms with van der Waals surface area (Å²) in [6, 6.07) is 5.78. The Morgan fingerprint density at radius 2 is 1.90 bits per heavy atom. The molecule has 0 unspecified atom stereocenters. The van der Waals surface area contributed by atoms with Gasteiger partial charge in [-0.3, -0.25) is 14.9 Å². The monoisotopic (exact) mass is 280 g/mol. The molecule has 7 nitrogen and oxygen atoms in total. The number of amides is 1. The second kappa shape index (κ2) is 6.14. The van der Waals surface area contributed by atoms with E-state index >= 15 is 0 Å². The number of hydrogen-bond acceptors (Lipinski definition) is 5. The van der Waals surface area contributed by atoms with Gasteiger partial charge in [-0.25, -0.2) is 4.79 Å². The highest BCUT2D eigenvalue weighted by atomic mass is 16.6. The number of nitro groups is 1. The van der Waals surface area contributed by atoms with E-state index in [-0.39, 0.29) is 18.0 Å². The predicted octanol–water partition coefficient (Wildman–Crippen LogP) is 1.21. The largest absolute Gasteiger partial charge is 0.467 e. The maximum Gasteiger partial charge on any atom is 0.331 e. The number of carbonyl (C=O) groups is 2. The zero-order valence-electron chi connectivity index (χ0n) is 11.5. The van der Waals surface area contributed by atoms with Gasteiger partial charge in [-0.2, -0.15) is 0 Å². The Balaban J connectivity index is 2.97. The molecule has 108 valence electrons. The molecular weight excluding hydrogens is 264 g/mol. The predicted molar refractivity (Wildman–Crippen MR) is 71.0 cm³/mol. The lowest BCUT2D eigenvalue weighted by Gasteiger charge is -2.27. The number of ether oxygens (including phenoxy) is 1. The molecule has 0 saturated heterocycles. The number of nitrogens with one attached hydrogen (secondary N) is 1. The van der Waals surface area contributed by atoms with E-state index in [2.05, 4.69) is 10.1 Å². The molecule has 0 saturated carbocycles. The van der Waals surface area contributed by atoms with Crippen LogP contribution in [0.4, 0.5) is 5.69 Å². The maximum atomic E-state index is 11.8. The summed E-state index contributed by atoms with van der Waals surface area (Å²) in [6.07, 6.45) is 0.178. The molecule has 0 fully saturated rings. The Kier molecular flexibility index (Phi) is 4.79. The first-order chi connectivity index (χ1) is 9.28. The third-order valence-corrected chi connectivity index (χ3v) is 2.79. The molecule has 1 aromatic rings. The molecule has 1 atom stereocenters. The zero-order chi connectivity index (χ0) is 15.3. The highest BCUT2D eigenvalue weighted by molar-refractivity contribution is 5.87. The van der Waals surface area contributed by atoms with Crippen molar-refractivity contribution in [3.63, 3.8) is 0 Å². The van der Waals surface area contributed by atoms with E-state index in [9.17, 15) is 19.7 Å². The minimum absolute atomic E-state index is 0.0342. The fraction of sp³-hybridized carbons (Fsp3) is 0.385. The van der Waals surface area contributed by atoms with Gasteiger partial charge in [0.15, 0.2) is 0 Å². The minimum atomic E-state index is -1.21. The molecule has 0 aromatic heterocycles. The number of benzene rings is 1. The molecule has 0 aliphatic heterocycles. The Morgan fingerprint density at radius 1 is 1.35 bits per heavy atom. The van der Waals surface area contributed by atoms with Crippen LogP contribution < -0.4 is 5.32 Å². The Bertz CT molecular complexity index is 526. The molecule has 7 heteroatoms. The van der Waals surface area contributed by atoms with Crippen LogP contribution in [0.1, 0.15) is 19.4 Å². The first-order valence-electron chi connectivity index (χ1n) is 5.89. The first kappa shape index (κ1) is 15.6. The summed E-state index contributed by atoms with van der Waals surface area (Å²) in [4.78, 5) is 33.1. The summed E-state index contributed by atoms with van der Waals surface area (Å²) < 4.78 is 4.69. The Hall–Kier alpha value is -2.44. The molecule has 0 heterocycles. The van der Waals surface area contributed by atoms with Gasteiger partial charge in [-0.05, 0) is 12.5 Å². The van der Waals surface area contributed by atoms with E-state index in [0.29, 0.717) is 5.56 Å². The van der Waals surface area contributed by atoms with Crippen LogP contribution in [0.2, 0.25) is 0 Å². The Morgan fingerprint density at radius 3 is 2.30 bits per heavy atom. The summed E-state index contributed by atoms with van der Waals surface area (Å²) in [5.41, 5.74) is -0.568. The molecule has 1 rings (SSSR count). The van der Waals surface area contributed by atoms with Gasteiger partial charge in [0.2, 0.25) is 5.91 Å². The molecule has 0 aliphatic rings. The molecule has 20 heavy (non-hydrogen) atoms. The number of carbonyl (C=O) groups excluding carboxylic acids is 2. The number of rotatable bonds is 5. The third-order valence-electron chi connectivity index (χ3n) is 2.79. The topological polar surface area (TPSA) is 98.5 Å². The summed E-state index contributed by atoms with van der Waals surface area (Å²) in [5, 5.41) is 13.1. The van der Waals surface area contributed by atoms with Crippen molar-refractivity contribution in [3.05, 3.63) is 39.9 Å². The fourth-order valence-corrected chi connectivity index (χ4v) is 1.92. The maximum absolute atomic E-state index is 11.8. The fourth-order valence-electron chi connectivity index (χ4n) is 1.92. The van der Waals surface area contributed by atoms with Crippen molar-refractivity contribution in [2.24, 2.45) is 0 Å². The van der Waals surface area contributed by atoms with E-state index in [0.717, 1.165) is 0 Å². The van der Waals surface area contributed by atoms with E-state index in [1.807, 2.05) is 0 Å².